The summed E-state index contributed by atoms with van der Waals surface area (Å²) in [6, 6.07) is 0. The number of phosphoric ester groups is 1. The van der Waals surface area contributed by atoms with Crippen molar-refractivity contribution in [2.75, 3.05) is 40.8 Å². The number of quaternary nitrogens is 1. The molecule has 0 saturated heterocycles. The van der Waals surface area contributed by atoms with Gasteiger partial charge in [0.1, 0.15) is 13.2 Å². The molecule has 7 nitrogen and oxygen atoms in total. The molecule has 0 aromatic carbocycles. The summed E-state index contributed by atoms with van der Waals surface area (Å²) in [6.45, 7) is 4.60. The molecule has 0 aliphatic rings. The lowest BCUT2D eigenvalue weighted by molar-refractivity contribution is -0.870. The van der Waals surface area contributed by atoms with Gasteiger partial charge in [-0.05, 0) is 13.3 Å². The van der Waals surface area contributed by atoms with E-state index < -0.39 is 13.9 Å². The third-order valence-corrected chi connectivity index (χ3v) is 5.53. The van der Waals surface area contributed by atoms with Crippen molar-refractivity contribution in [2.24, 2.45) is 0 Å². The Kier molecular flexibility index (Phi) is 15.1. The largest absolute Gasteiger partial charge is 0.756 e. The topological polar surface area (TPSA) is 87.7 Å². The van der Waals surface area contributed by atoms with Crippen LogP contribution in [0.15, 0.2) is 0 Å². The zero-order valence-electron chi connectivity index (χ0n) is 18.7. The van der Waals surface area contributed by atoms with Gasteiger partial charge in [0, 0.05) is 13.0 Å². The molecule has 0 spiro atoms. The lowest BCUT2D eigenvalue weighted by Gasteiger charge is -2.29. The Balaban J connectivity index is 3.72. The highest BCUT2D eigenvalue weighted by Crippen LogP contribution is 2.39. The predicted octanol–water partition coefficient (Wildman–Crippen LogP) is 3.62. The van der Waals surface area contributed by atoms with E-state index in [2.05, 4.69) is 12.2 Å². The van der Waals surface area contributed by atoms with Crippen molar-refractivity contribution in [3.63, 3.8) is 0 Å². The van der Waals surface area contributed by atoms with E-state index in [4.69, 9.17) is 9.05 Å². The summed E-state index contributed by atoms with van der Waals surface area (Å²) in [6.07, 6.45) is 10.7. The third-order valence-electron chi connectivity index (χ3n) is 4.41. The number of hydrogen-bond donors (Lipinski definition) is 1. The normalized spacial score (nSPS) is 15.2. The Labute approximate surface area is 172 Å². The summed E-state index contributed by atoms with van der Waals surface area (Å²) < 4.78 is 22.2. The predicted molar refractivity (Wildman–Crippen MR) is 112 cm³/mol. The van der Waals surface area contributed by atoms with Crippen LogP contribution >= 0.6 is 7.82 Å². The number of unbranched alkanes of at least 4 members (excludes halogenated alkanes) is 8. The molecule has 2 atom stereocenters. The first kappa shape index (κ1) is 27.5. The van der Waals surface area contributed by atoms with E-state index in [-0.39, 0.29) is 19.1 Å². The van der Waals surface area contributed by atoms with E-state index in [0.717, 1.165) is 12.8 Å². The second-order valence-corrected chi connectivity index (χ2v) is 9.96. The Morgan fingerprint density at radius 3 is 2.11 bits per heavy atom. The minimum absolute atomic E-state index is 0.0647. The maximum atomic E-state index is 11.9. The number of phosphoric acid groups is 1. The van der Waals surface area contributed by atoms with E-state index in [1.807, 2.05) is 21.1 Å². The van der Waals surface area contributed by atoms with Gasteiger partial charge in [-0.1, -0.05) is 58.3 Å². The van der Waals surface area contributed by atoms with Gasteiger partial charge < -0.3 is 23.7 Å². The third kappa shape index (κ3) is 18.9. The van der Waals surface area contributed by atoms with Gasteiger partial charge in [0.15, 0.2) is 0 Å². The van der Waals surface area contributed by atoms with E-state index >= 15 is 0 Å². The molecule has 0 aliphatic carbocycles. The van der Waals surface area contributed by atoms with E-state index in [0.29, 0.717) is 17.4 Å². The van der Waals surface area contributed by atoms with Crippen LogP contribution in [0.25, 0.3) is 0 Å². The minimum Gasteiger partial charge on any atom is -0.756 e. The van der Waals surface area contributed by atoms with Crippen LogP contribution in [0.2, 0.25) is 0 Å². The fourth-order valence-corrected chi connectivity index (χ4v) is 3.54. The molecular formula is C20H43N2O5P. The van der Waals surface area contributed by atoms with Gasteiger partial charge in [-0.3, -0.25) is 9.36 Å². The molecule has 1 N–H and O–H groups in total. The molecule has 28 heavy (non-hydrogen) atoms. The van der Waals surface area contributed by atoms with Crippen LogP contribution in [0.3, 0.4) is 0 Å². The molecule has 8 heteroatoms. The van der Waals surface area contributed by atoms with Crippen molar-refractivity contribution >= 4 is 13.7 Å². The van der Waals surface area contributed by atoms with Crippen molar-refractivity contribution in [3.05, 3.63) is 0 Å². The van der Waals surface area contributed by atoms with Crippen molar-refractivity contribution in [1.29, 1.82) is 0 Å². The summed E-state index contributed by atoms with van der Waals surface area (Å²) in [5.41, 5.74) is 0. The Morgan fingerprint density at radius 1 is 1.04 bits per heavy atom. The first-order chi connectivity index (χ1) is 13.1. The highest BCUT2D eigenvalue weighted by atomic mass is 31.2. The molecule has 2 unspecified atom stereocenters. The highest BCUT2D eigenvalue weighted by Gasteiger charge is 2.17. The molecule has 1 amide bonds. The Morgan fingerprint density at radius 2 is 1.57 bits per heavy atom. The number of hydrogen-bond acceptors (Lipinski definition) is 5. The maximum absolute atomic E-state index is 11.9. The van der Waals surface area contributed by atoms with Gasteiger partial charge >= 0.3 is 0 Å². The van der Waals surface area contributed by atoms with Crippen LogP contribution in [-0.4, -0.2) is 57.3 Å². The lowest BCUT2D eigenvalue weighted by Crippen LogP contribution is -2.38. The Hall–Kier alpha value is -0.460. The minimum atomic E-state index is -4.35. The van der Waals surface area contributed by atoms with Crippen molar-refractivity contribution in [3.8, 4) is 0 Å². The molecular weight excluding hydrogens is 379 g/mol. The number of likely N-dealkylation sites (N-methyl/N-ethyl adjacent to an activating group) is 1. The van der Waals surface area contributed by atoms with Crippen LogP contribution in [0.4, 0.5) is 0 Å². The number of rotatable bonds is 18. The average Bonchev–Trinajstić information content (AvgIpc) is 2.56. The summed E-state index contributed by atoms with van der Waals surface area (Å²) in [7, 11) is 1.50. The van der Waals surface area contributed by atoms with Gasteiger partial charge in [0.25, 0.3) is 7.82 Å². The lowest BCUT2D eigenvalue weighted by atomic mass is 10.1. The van der Waals surface area contributed by atoms with Gasteiger partial charge in [-0.15, -0.1) is 0 Å². The molecule has 0 fully saturated rings. The number of carbonyl (C=O) groups excluding carboxylic acids is 1. The van der Waals surface area contributed by atoms with Gasteiger partial charge in [0.2, 0.25) is 5.91 Å². The molecule has 0 heterocycles. The summed E-state index contributed by atoms with van der Waals surface area (Å²) >= 11 is 0. The van der Waals surface area contributed by atoms with Gasteiger partial charge in [-0.25, -0.2) is 0 Å². The van der Waals surface area contributed by atoms with Crippen LogP contribution in [-0.2, 0) is 18.4 Å². The van der Waals surface area contributed by atoms with Crippen molar-refractivity contribution in [2.45, 2.75) is 84.2 Å². The number of nitrogens with one attached hydrogen (secondary N) is 1. The second kappa shape index (κ2) is 15.4. The Bertz CT molecular complexity index is 454. The number of nitrogens with zero attached hydrogens (tertiary/aromatic N) is 1. The standard InChI is InChI=1S/C20H43N2O5P/c1-6-7-8-9-10-11-12-13-14-15-20(23)21-18-19(2)27-28(24,25)26-17-16-22(3,4)5/h19H,6-18H2,1-5H3,(H-,21,23,24,25). The fourth-order valence-electron chi connectivity index (χ4n) is 2.66. The number of amides is 1. The van der Waals surface area contributed by atoms with Crippen LogP contribution in [0.5, 0.6) is 0 Å². The van der Waals surface area contributed by atoms with E-state index in [1.54, 1.807) is 6.92 Å². The maximum Gasteiger partial charge on any atom is 0.268 e. The number of carbonyl (C=O) groups is 1. The summed E-state index contributed by atoms with van der Waals surface area (Å²) in [4.78, 5) is 23.6. The van der Waals surface area contributed by atoms with Gasteiger partial charge in [0.05, 0.1) is 27.2 Å². The van der Waals surface area contributed by atoms with E-state index in [9.17, 15) is 14.3 Å². The average molecular weight is 423 g/mol. The van der Waals surface area contributed by atoms with Crippen molar-refractivity contribution < 1.29 is 27.8 Å². The fraction of sp³-hybridized carbons (Fsp3) is 0.950. The molecule has 0 aromatic rings. The quantitative estimate of drug-likeness (QED) is 0.207. The van der Waals surface area contributed by atoms with Crippen molar-refractivity contribution in [1.82, 2.24) is 5.32 Å². The van der Waals surface area contributed by atoms with E-state index in [1.165, 1.54) is 44.9 Å². The smallest absolute Gasteiger partial charge is 0.268 e. The second-order valence-electron chi connectivity index (χ2n) is 8.59. The zero-order valence-corrected chi connectivity index (χ0v) is 19.6. The molecule has 0 saturated carbocycles. The summed E-state index contributed by atoms with van der Waals surface area (Å²) in [5.74, 6) is -0.0647. The summed E-state index contributed by atoms with van der Waals surface area (Å²) in [5, 5.41) is 2.73. The van der Waals surface area contributed by atoms with Crippen LogP contribution in [0.1, 0.15) is 78.1 Å². The van der Waals surface area contributed by atoms with Crippen LogP contribution in [0, 0.1) is 0 Å². The van der Waals surface area contributed by atoms with Crippen LogP contribution < -0.4 is 10.2 Å². The molecule has 0 bridgehead atoms. The molecule has 0 rings (SSSR count). The SMILES string of the molecule is CCCCCCCCCCCC(=O)NCC(C)OP(=O)([O-])OCC[N+](C)(C)C. The zero-order chi connectivity index (χ0) is 21.5. The highest BCUT2D eigenvalue weighted by molar-refractivity contribution is 7.45. The molecule has 0 aromatic heterocycles. The van der Waals surface area contributed by atoms with Gasteiger partial charge in [-0.2, -0.15) is 0 Å². The molecule has 0 radical (unpaired) electrons. The molecule has 168 valence electrons. The first-order valence-corrected chi connectivity index (χ1v) is 12.2. The molecule has 0 aliphatic heterocycles. The first-order valence-electron chi connectivity index (χ1n) is 10.8. The monoisotopic (exact) mass is 422 g/mol.